The van der Waals surface area contributed by atoms with E-state index in [0.29, 0.717) is 12.3 Å². The van der Waals surface area contributed by atoms with Crippen molar-refractivity contribution in [2.24, 2.45) is 4.99 Å². The summed E-state index contributed by atoms with van der Waals surface area (Å²) < 4.78 is 0. The first-order valence-corrected chi connectivity index (χ1v) is 7.78. The number of rotatable bonds is 6. The van der Waals surface area contributed by atoms with Crippen molar-refractivity contribution in [3.63, 3.8) is 0 Å². The van der Waals surface area contributed by atoms with Crippen LogP contribution in [0.4, 0.5) is 0 Å². The molecule has 0 heterocycles. The third-order valence-electron chi connectivity index (χ3n) is 3.51. The molecule has 0 aliphatic heterocycles. The second-order valence-electron chi connectivity index (χ2n) is 5.52. The van der Waals surface area contributed by atoms with Crippen LogP contribution < -0.4 is 5.32 Å². The molecule has 118 valence electrons. The van der Waals surface area contributed by atoms with Gasteiger partial charge in [0.15, 0.2) is 5.96 Å². The van der Waals surface area contributed by atoms with Crippen molar-refractivity contribution in [2.45, 2.75) is 47.1 Å². The van der Waals surface area contributed by atoms with Crippen molar-refractivity contribution in [3.05, 3.63) is 28.8 Å². The summed E-state index contributed by atoms with van der Waals surface area (Å²) in [6.07, 6.45) is 2.35. The van der Waals surface area contributed by atoms with Gasteiger partial charge in [0.2, 0.25) is 0 Å². The Morgan fingerprint density at radius 2 is 1.86 bits per heavy atom. The third kappa shape index (κ3) is 5.29. The van der Waals surface area contributed by atoms with Crippen LogP contribution in [0.3, 0.4) is 0 Å². The monoisotopic (exact) mass is 291 g/mol. The molecule has 1 aromatic carbocycles. The molecule has 0 unspecified atom stereocenters. The van der Waals surface area contributed by atoms with Gasteiger partial charge in [0.05, 0.1) is 6.54 Å². The summed E-state index contributed by atoms with van der Waals surface area (Å²) in [4.78, 5) is 6.87. The Bertz CT molecular complexity index is 460. The number of hydrogen-bond donors (Lipinski definition) is 2. The molecule has 0 aliphatic rings. The molecule has 0 spiro atoms. The highest BCUT2D eigenvalue weighted by atomic mass is 16.3. The summed E-state index contributed by atoms with van der Waals surface area (Å²) in [5, 5.41) is 13.2. The number of guanidine groups is 1. The van der Waals surface area contributed by atoms with E-state index in [1.165, 1.54) is 12.8 Å². The first kappa shape index (κ1) is 17.3. The van der Waals surface area contributed by atoms with E-state index in [9.17, 15) is 5.11 Å². The number of nitrogens with one attached hydrogen (secondary N) is 1. The van der Waals surface area contributed by atoms with Gasteiger partial charge in [0.25, 0.3) is 0 Å². The molecule has 0 amide bonds. The highest BCUT2D eigenvalue weighted by Crippen LogP contribution is 2.23. The fourth-order valence-electron chi connectivity index (χ4n) is 2.27. The van der Waals surface area contributed by atoms with E-state index in [0.717, 1.165) is 35.7 Å². The van der Waals surface area contributed by atoms with E-state index in [4.69, 9.17) is 4.99 Å². The molecule has 1 rings (SSSR count). The van der Waals surface area contributed by atoms with Gasteiger partial charge in [-0.15, -0.1) is 0 Å². The molecular weight excluding hydrogens is 262 g/mol. The number of benzene rings is 1. The van der Waals surface area contributed by atoms with Crippen LogP contribution in [0.25, 0.3) is 0 Å². The predicted molar refractivity (Wildman–Crippen MR) is 89.9 cm³/mol. The number of phenols is 1. The largest absolute Gasteiger partial charge is 0.507 e. The highest BCUT2D eigenvalue weighted by molar-refractivity contribution is 5.79. The van der Waals surface area contributed by atoms with Gasteiger partial charge < -0.3 is 15.3 Å². The minimum absolute atomic E-state index is 0.384. The van der Waals surface area contributed by atoms with Crippen molar-refractivity contribution in [2.75, 3.05) is 20.1 Å². The summed E-state index contributed by atoms with van der Waals surface area (Å²) in [6, 6.07) is 4.00. The van der Waals surface area contributed by atoms with Gasteiger partial charge in [0.1, 0.15) is 5.75 Å². The molecule has 0 saturated carbocycles. The fraction of sp³-hybridized carbons (Fsp3) is 0.588. The van der Waals surface area contributed by atoms with Gasteiger partial charge in [0, 0.05) is 20.1 Å². The number of nitrogens with zero attached hydrogens (tertiary/aromatic N) is 2. The molecule has 4 heteroatoms. The molecule has 0 saturated heterocycles. The maximum Gasteiger partial charge on any atom is 0.193 e. The maximum absolute atomic E-state index is 9.82. The van der Waals surface area contributed by atoms with Crippen LogP contribution in [0.5, 0.6) is 5.75 Å². The van der Waals surface area contributed by atoms with Crippen molar-refractivity contribution in [1.29, 1.82) is 0 Å². The lowest BCUT2D eigenvalue weighted by Gasteiger charge is -2.21. The molecule has 21 heavy (non-hydrogen) atoms. The normalized spacial score (nSPS) is 11.6. The molecule has 0 radical (unpaired) electrons. The molecule has 1 aromatic rings. The quantitative estimate of drug-likeness (QED) is 0.625. The number of aryl methyl sites for hydroxylation is 2. The number of aliphatic imine (C=N–C) groups is 1. The minimum Gasteiger partial charge on any atom is -0.507 e. The van der Waals surface area contributed by atoms with Crippen LogP contribution in [-0.2, 0) is 6.54 Å². The van der Waals surface area contributed by atoms with Crippen LogP contribution in [0.1, 0.15) is 43.4 Å². The Hall–Kier alpha value is -1.71. The van der Waals surface area contributed by atoms with E-state index in [1.807, 2.05) is 26.0 Å². The lowest BCUT2D eigenvalue weighted by atomic mass is 10.1. The average Bonchev–Trinajstić information content (AvgIpc) is 2.46. The van der Waals surface area contributed by atoms with E-state index < -0.39 is 0 Å². The maximum atomic E-state index is 9.82. The number of phenolic OH excluding ortho intramolecular Hbond substituents is 1. The van der Waals surface area contributed by atoms with Gasteiger partial charge >= 0.3 is 0 Å². The van der Waals surface area contributed by atoms with E-state index >= 15 is 0 Å². The van der Waals surface area contributed by atoms with Gasteiger partial charge in [-0.2, -0.15) is 0 Å². The summed E-state index contributed by atoms with van der Waals surface area (Å²) >= 11 is 0. The first-order valence-electron chi connectivity index (χ1n) is 7.78. The number of aromatic hydroxyl groups is 1. The summed E-state index contributed by atoms with van der Waals surface area (Å²) in [7, 11) is 2.07. The predicted octanol–water partition coefficient (Wildman–Crippen LogP) is 3.21. The van der Waals surface area contributed by atoms with Crippen molar-refractivity contribution < 1.29 is 5.11 Å². The van der Waals surface area contributed by atoms with E-state index in [1.54, 1.807) is 0 Å². The molecule has 0 bridgehead atoms. The fourth-order valence-corrected chi connectivity index (χ4v) is 2.27. The van der Waals surface area contributed by atoms with Gasteiger partial charge in [-0.3, -0.25) is 0 Å². The van der Waals surface area contributed by atoms with Gasteiger partial charge in [-0.1, -0.05) is 25.5 Å². The lowest BCUT2D eigenvalue weighted by Crippen LogP contribution is -2.39. The molecule has 0 aliphatic carbocycles. The topological polar surface area (TPSA) is 47.9 Å². The molecule has 0 fully saturated rings. The Kier molecular flexibility index (Phi) is 7.06. The van der Waals surface area contributed by atoms with Crippen LogP contribution >= 0.6 is 0 Å². The smallest absolute Gasteiger partial charge is 0.193 e. The number of unbranched alkanes of at least 4 members (excludes halogenated alkanes) is 1. The summed E-state index contributed by atoms with van der Waals surface area (Å²) in [5.41, 5.74) is 2.94. The summed E-state index contributed by atoms with van der Waals surface area (Å²) in [6.45, 7) is 10.6. The zero-order valence-corrected chi connectivity index (χ0v) is 14.0. The zero-order chi connectivity index (χ0) is 15.8. The van der Waals surface area contributed by atoms with Crippen molar-refractivity contribution >= 4 is 5.96 Å². The lowest BCUT2D eigenvalue weighted by molar-refractivity contribution is 0.464. The second kappa shape index (κ2) is 8.55. The molecule has 0 atom stereocenters. The van der Waals surface area contributed by atoms with Crippen LogP contribution in [0, 0.1) is 13.8 Å². The Morgan fingerprint density at radius 1 is 1.24 bits per heavy atom. The summed E-state index contributed by atoms with van der Waals surface area (Å²) in [5.74, 6) is 1.32. The van der Waals surface area contributed by atoms with Gasteiger partial charge in [-0.05, 0) is 43.9 Å². The zero-order valence-electron chi connectivity index (χ0n) is 14.0. The van der Waals surface area contributed by atoms with Crippen LogP contribution in [0.2, 0.25) is 0 Å². The van der Waals surface area contributed by atoms with E-state index in [2.05, 4.69) is 31.1 Å². The standard InChI is InChI=1S/C17H29N3O/c1-6-8-9-20(5)17(18-7-2)19-12-15-10-13(3)16(21)14(4)11-15/h10-11,21H,6-9,12H2,1-5H3,(H,18,19). The molecule has 0 aromatic heterocycles. The second-order valence-corrected chi connectivity index (χ2v) is 5.52. The van der Waals surface area contributed by atoms with E-state index in [-0.39, 0.29) is 0 Å². The molecular formula is C17H29N3O. The minimum atomic E-state index is 0.384. The van der Waals surface area contributed by atoms with Crippen LogP contribution in [-0.4, -0.2) is 36.1 Å². The van der Waals surface area contributed by atoms with Gasteiger partial charge in [-0.25, -0.2) is 4.99 Å². The number of hydrogen-bond acceptors (Lipinski definition) is 2. The molecule has 4 nitrogen and oxygen atoms in total. The highest BCUT2D eigenvalue weighted by Gasteiger charge is 2.06. The first-order chi connectivity index (χ1) is 9.99. The third-order valence-corrected chi connectivity index (χ3v) is 3.51. The Balaban J connectivity index is 2.82. The average molecular weight is 291 g/mol. The Morgan fingerprint density at radius 3 is 2.38 bits per heavy atom. The van der Waals surface area contributed by atoms with Crippen molar-refractivity contribution in [3.8, 4) is 5.75 Å². The molecule has 2 N–H and O–H groups in total. The van der Waals surface area contributed by atoms with Crippen LogP contribution in [0.15, 0.2) is 17.1 Å². The SMILES string of the molecule is CCCCN(C)C(=NCc1cc(C)c(O)c(C)c1)NCC. The van der Waals surface area contributed by atoms with Crippen molar-refractivity contribution in [1.82, 2.24) is 10.2 Å². The Labute approximate surface area is 128 Å².